The lowest BCUT2D eigenvalue weighted by molar-refractivity contribution is 0.279. The van der Waals surface area contributed by atoms with E-state index in [-0.39, 0.29) is 12.4 Å². The minimum Gasteiger partial charge on any atom is -0.493 e. The molecule has 1 N–H and O–H groups in total. The summed E-state index contributed by atoms with van der Waals surface area (Å²) in [4.78, 5) is 0. The minimum absolute atomic E-state index is 0. The van der Waals surface area contributed by atoms with Crippen LogP contribution in [0.4, 0.5) is 0 Å². The van der Waals surface area contributed by atoms with Gasteiger partial charge in [0.1, 0.15) is 6.61 Å². The van der Waals surface area contributed by atoms with Crippen molar-refractivity contribution in [1.82, 2.24) is 5.32 Å². The molecule has 1 aliphatic carbocycles. The summed E-state index contributed by atoms with van der Waals surface area (Å²) in [6, 6.07) is 14.5. The smallest absolute Gasteiger partial charge is 0.166 e. The number of ether oxygens (including phenoxy) is 2. The maximum atomic E-state index is 6.28. The Kier molecular flexibility index (Phi) is 8.56. The largest absolute Gasteiger partial charge is 0.493 e. The molecule has 0 heterocycles. The zero-order valence-electron chi connectivity index (χ0n) is 15.2. The molecule has 0 bridgehead atoms. The SMILES string of the molecule is COc1cc(Cl)cc(CNC2CCCCC2)c1OCc1ccccc1.Cl. The van der Waals surface area contributed by atoms with E-state index in [0.29, 0.717) is 23.4 Å². The molecule has 0 aliphatic heterocycles. The number of hydrogen-bond acceptors (Lipinski definition) is 3. The van der Waals surface area contributed by atoms with Gasteiger partial charge in [-0.15, -0.1) is 12.4 Å². The highest BCUT2D eigenvalue weighted by atomic mass is 35.5. The van der Waals surface area contributed by atoms with Crippen molar-refractivity contribution in [2.45, 2.75) is 51.3 Å². The van der Waals surface area contributed by atoms with Crippen molar-refractivity contribution in [1.29, 1.82) is 0 Å². The topological polar surface area (TPSA) is 30.5 Å². The molecule has 0 saturated heterocycles. The Morgan fingerprint density at radius 1 is 1.08 bits per heavy atom. The molecular weight excluding hydrogens is 369 g/mol. The second-order valence-electron chi connectivity index (χ2n) is 6.59. The molecule has 1 saturated carbocycles. The molecule has 5 heteroatoms. The molecule has 2 aromatic carbocycles. The van der Waals surface area contributed by atoms with Crippen molar-refractivity contribution in [2.24, 2.45) is 0 Å². The second-order valence-corrected chi connectivity index (χ2v) is 7.02. The van der Waals surface area contributed by atoms with Crippen LogP contribution in [0.15, 0.2) is 42.5 Å². The Morgan fingerprint density at radius 2 is 1.81 bits per heavy atom. The van der Waals surface area contributed by atoms with Crippen LogP contribution < -0.4 is 14.8 Å². The molecule has 0 atom stereocenters. The quantitative estimate of drug-likeness (QED) is 0.644. The van der Waals surface area contributed by atoms with Crippen LogP contribution in [0.2, 0.25) is 5.02 Å². The Labute approximate surface area is 167 Å². The van der Waals surface area contributed by atoms with Gasteiger partial charge >= 0.3 is 0 Å². The highest BCUT2D eigenvalue weighted by Gasteiger charge is 2.17. The van der Waals surface area contributed by atoms with Crippen molar-refractivity contribution in [2.75, 3.05) is 7.11 Å². The van der Waals surface area contributed by atoms with E-state index < -0.39 is 0 Å². The minimum atomic E-state index is 0. The van der Waals surface area contributed by atoms with Gasteiger partial charge in [-0.25, -0.2) is 0 Å². The summed E-state index contributed by atoms with van der Waals surface area (Å²) in [7, 11) is 1.65. The Balaban J connectivity index is 0.00000243. The molecule has 0 aromatic heterocycles. The van der Waals surface area contributed by atoms with E-state index in [0.717, 1.165) is 23.4 Å². The third-order valence-electron chi connectivity index (χ3n) is 4.73. The summed E-state index contributed by atoms with van der Waals surface area (Å²) in [5.41, 5.74) is 2.18. The Morgan fingerprint density at radius 3 is 2.50 bits per heavy atom. The first kappa shape index (κ1) is 20.9. The predicted octanol–water partition coefficient (Wildman–Crippen LogP) is 5.77. The molecule has 1 aliphatic rings. The van der Waals surface area contributed by atoms with Gasteiger partial charge in [0, 0.05) is 29.2 Å². The molecule has 3 rings (SSSR count). The average molecular weight is 396 g/mol. The van der Waals surface area contributed by atoms with Crippen LogP contribution in [-0.2, 0) is 13.2 Å². The highest BCUT2D eigenvalue weighted by Crippen LogP contribution is 2.35. The third-order valence-corrected chi connectivity index (χ3v) is 4.95. The first-order chi connectivity index (χ1) is 12.3. The summed E-state index contributed by atoms with van der Waals surface area (Å²) in [6.45, 7) is 1.25. The van der Waals surface area contributed by atoms with E-state index >= 15 is 0 Å². The highest BCUT2D eigenvalue weighted by molar-refractivity contribution is 6.30. The van der Waals surface area contributed by atoms with Gasteiger partial charge in [0.15, 0.2) is 11.5 Å². The van der Waals surface area contributed by atoms with Crippen LogP contribution in [0.25, 0.3) is 0 Å². The lowest BCUT2D eigenvalue weighted by atomic mass is 9.95. The summed E-state index contributed by atoms with van der Waals surface area (Å²) in [5, 5.41) is 4.33. The van der Waals surface area contributed by atoms with Gasteiger partial charge in [0.2, 0.25) is 0 Å². The van der Waals surface area contributed by atoms with Gasteiger partial charge in [-0.3, -0.25) is 0 Å². The zero-order valence-corrected chi connectivity index (χ0v) is 16.7. The summed E-state index contributed by atoms with van der Waals surface area (Å²) in [5.74, 6) is 1.46. The Hall–Kier alpha value is -1.42. The molecule has 0 unspecified atom stereocenters. The molecule has 26 heavy (non-hydrogen) atoms. The van der Waals surface area contributed by atoms with E-state index in [1.54, 1.807) is 7.11 Å². The summed E-state index contributed by atoms with van der Waals surface area (Å²) < 4.78 is 11.6. The van der Waals surface area contributed by atoms with E-state index in [1.165, 1.54) is 32.1 Å². The van der Waals surface area contributed by atoms with Crippen molar-refractivity contribution < 1.29 is 9.47 Å². The number of nitrogens with one attached hydrogen (secondary N) is 1. The lowest BCUT2D eigenvalue weighted by Gasteiger charge is -2.24. The van der Waals surface area contributed by atoms with Crippen LogP contribution in [0.1, 0.15) is 43.2 Å². The van der Waals surface area contributed by atoms with Gasteiger partial charge < -0.3 is 14.8 Å². The van der Waals surface area contributed by atoms with E-state index in [9.17, 15) is 0 Å². The van der Waals surface area contributed by atoms with E-state index in [4.69, 9.17) is 21.1 Å². The van der Waals surface area contributed by atoms with Crippen LogP contribution >= 0.6 is 24.0 Å². The average Bonchev–Trinajstić information content (AvgIpc) is 2.66. The van der Waals surface area contributed by atoms with Crippen LogP contribution in [0.5, 0.6) is 11.5 Å². The standard InChI is InChI=1S/C21H26ClNO2.ClH/c1-24-20-13-18(22)12-17(14-23-19-10-6-3-7-11-19)21(20)25-15-16-8-4-2-5-9-16;/h2,4-5,8-9,12-13,19,23H,3,6-7,10-11,14-15H2,1H3;1H. The zero-order chi connectivity index (χ0) is 17.5. The summed E-state index contributed by atoms with van der Waals surface area (Å²) >= 11 is 6.28. The van der Waals surface area contributed by atoms with Crippen molar-refractivity contribution in [3.8, 4) is 11.5 Å². The molecule has 0 spiro atoms. The molecular formula is C21H27Cl2NO2. The van der Waals surface area contributed by atoms with Crippen LogP contribution in [0.3, 0.4) is 0 Å². The molecule has 0 radical (unpaired) electrons. The van der Waals surface area contributed by atoms with Crippen molar-refractivity contribution in [3.63, 3.8) is 0 Å². The first-order valence-electron chi connectivity index (χ1n) is 9.03. The van der Waals surface area contributed by atoms with Crippen molar-refractivity contribution >= 4 is 24.0 Å². The predicted molar refractivity (Wildman–Crippen MR) is 110 cm³/mol. The van der Waals surface area contributed by atoms with Crippen LogP contribution in [0, 0.1) is 0 Å². The normalized spacial score (nSPS) is 14.5. The van der Waals surface area contributed by atoms with Gasteiger partial charge in [0.25, 0.3) is 0 Å². The number of rotatable bonds is 7. The third kappa shape index (κ3) is 5.80. The van der Waals surface area contributed by atoms with Gasteiger partial charge in [-0.2, -0.15) is 0 Å². The number of methoxy groups -OCH3 is 1. The fourth-order valence-corrected chi connectivity index (χ4v) is 3.59. The van der Waals surface area contributed by atoms with Crippen LogP contribution in [-0.4, -0.2) is 13.2 Å². The molecule has 2 aromatic rings. The number of benzene rings is 2. The summed E-state index contributed by atoms with van der Waals surface area (Å²) in [6.07, 6.45) is 6.48. The Bertz CT molecular complexity index is 673. The number of hydrogen-bond donors (Lipinski definition) is 1. The van der Waals surface area contributed by atoms with Gasteiger partial charge in [-0.1, -0.05) is 61.2 Å². The second kappa shape index (κ2) is 10.7. The molecule has 142 valence electrons. The molecule has 3 nitrogen and oxygen atoms in total. The van der Waals surface area contributed by atoms with Gasteiger partial charge in [0.05, 0.1) is 7.11 Å². The van der Waals surface area contributed by atoms with Crippen molar-refractivity contribution in [3.05, 3.63) is 58.6 Å². The fraction of sp³-hybridized carbons (Fsp3) is 0.429. The van der Waals surface area contributed by atoms with E-state index in [1.807, 2.05) is 30.3 Å². The molecule has 1 fully saturated rings. The van der Waals surface area contributed by atoms with E-state index in [2.05, 4.69) is 17.4 Å². The molecule has 0 amide bonds. The maximum Gasteiger partial charge on any atom is 0.166 e. The maximum absolute atomic E-state index is 6.28. The van der Waals surface area contributed by atoms with Gasteiger partial charge in [-0.05, 0) is 24.5 Å². The lowest BCUT2D eigenvalue weighted by Crippen LogP contribution is -2.30. The fourth-order valence-electron chi connectivity index (χ4n) is 3.36. The monoisotopic (exact) mass is 395 g/mol. The number of halogens is 2. The first-order valence-corrected chi connectivity index (χ1v) is 9.40.